The molecule has 4 heteroatoms. The Kier molecular flexibility index (Phi) is 2.12. The number of hydrogen-bond donors (Lipinski definition) is 3. The molecule has 0 aromatic carbocycles. The van der Waals surface area contributed by atoms with E-state index < -0.39 is 0 Å². The van der Waals surface area contributed by atoms with E-state index in [0.29, 0.717) is 11.5 Å². The standard InChI is InChI=1S/C11H20N4/c12-15-10(14-9-3-4-9)13-7-11(5-6-11)8-1-2-8/h8-9H,1-7,12H2,(H2,13,14,15). The summed E-state index contributed by atoms with van der Waals surface area (Å²) < 4.78 is 0. The van der Waals surface area contributed by atoms with Crippen LogP contribution in [0.1, 0.15) is 38.5 Å². The third-order valence-electron chi connectivity index (χ3n) is 3.94. The minimum atomic E-state index is 0.577. The highest BCUT2D eigenvalue weighted by Gasteiger charge is 2.53. The number of hydrazine groups is 1. The largest absolute Gasteiger partial charge is 0.353 e. The first-order valence-electron chi connectivity index (χ1n) is 6.10. The van der Waals surface area contributed by atoms with Gasteiger partial charge >= 0.3 is 0 Å². The Labute approximate surface area is 90.7 Å². The molecule has 0 aromatic rings. The zero-order valence-corrected chi connectivity index (χ0v) is 9.13. The number of rotatable bonds is 4. The number of aliphatic imine (C=N–C) groups is 1. The van der Waals surface area contributed by atoms with Crippen molar-refractivity contribution >= 4 is 5.96 Å². The lowest BCUT2D eigenvalue weighted by atomic mass is 10.0. The maximum Gasteiger partial charge on any atom is 0.205 e. The van der Waals surface area contributed by atoms with Crippen molar-refractivity contribution < 1.29 is 0 Å². The molecule has 0 spiro atoms. The van der Waals surface area contributed by atoms with Crippen molar-refractivity contribution in [2.45, 2.75) is 44.6 Å². The summed E-state index contributed by atoms with van der Waals surface area (Å²) in [5, 5.41) is 3.31. The summed E-state index contributed by atoms with van der Waals surface area (Å²) in [5.74, 6) is 7.22. The lowest BCUT2D eigenvalue weighted by molar-refractivity contribution is 0.452. The van der Waals surface area contributed by atoms with Gasteiger partial charge in [0.15, 0.2) is 0 Å². The number of guanidine groups is 1. The van der Waals surface area contributed by atoms with Crippen molar-refractivity contribution in [1.29, 1.82) is 0 Å². The minimum absolute atomic E-state index is 0.577. The summed E-state index contributed by atoms with van der Waals surface area (Å²) in [6.45, 7) is 0.969. The fourth-order valence-corrected chi connectivity index (χ4v) is 2.34. The van der Waals surface area contributed by atoms with Crippen LogP contribution in [0.25, 0.3) is 0 Å². The molecule has 0 amide bonds. The van der Waals surface area contributed by atoms with E-state index in [2.05, 4.69) is 15.7 Å². The van der Waals surface area contributed by atoms with Crippen LogP contribution in [0.2, 0.25) is 0 Å². The van der Waals surface area contributed by atoms with E-state index in [0.717, 1.165) is 18.4 Å². The first kappa shape index (κ1) is 9.46. The third kappa shape index (κ3) is 2.09. The molecular formula is C11H20N4. The van der Waals surface area contributed by atoms with Gasteiger partial charge in [-0.05, 0) is 49.9 Å². The molecule has 0 radical (unpaired) electrons. The summed E-state index contributed by atoms with van der Waals surface area (Å²) in [5.41, 5.74) is 3.25. The second-order valence-electron chi connectivity index (χ2n) is 5.36. The molecule has 0 saturated heterocycles. The highest BCUT2D eigenvalue weighted by Crippen LogP contribution is 2.61. The Balaban J connectivity index is 1.54. The maximum absolute atomic E-state index is 5.45. The van der Waals surface area contributed by atoms with Crippen LogP contribution in [-0.4, -0.2) is 18.5 Å². The molecule has 3 rings (SSSR count). The molecule has 0 heterocycles. The van der Waals surface area contributed by atoms with Crippen LogP contribution in [0.15, 0.2) is 4.99 Å². The van der Waals surface area contributed by atoms with Crippen LogP contribution >= 0.6 is 0 Å². The molecule has 84 valence electrons. The summed E-state index contributed by atoms with van der Waals surface area (Å²) >= 11 is 0. The van der Waals surface area contributed by atoms with Crippen LogP contribution in [0.3, 0.4) is 0 Å². The summed E-state index contributed by atoms with van der Waals surface area (Å²) in [7, 11) is 0. The lowest BCUT2D eigenvalue weighted by Crippen LogP contribution is -2.43. The predicted molar refractivity (Wildman–Crippen MR) is 60.2 cm³/mol. The summed E-state index contributed by atoms with van der Waals surface area (Å²) in [6.07, 6.45) is 8.13. The molecule has 4 nitrogen and oxygen atoms in total. The van der Waals surface area contributed by atoms with E-state index in [1.807, 2.05) is 0 Å². The topological polar surface area (TPSA) is 62.4 Å². The molecule has 3 aliphatic carbocycles. The second kappa shape index (κ2) is 3.37. The first-order valence-corrected chi connectivity index (χ1v) is 6.10. The van der Waals surface area contributed by atoms with E-state index in [1.165, 1.54) is 38.5 Å². The molecule has 0 aliphatic heterocycles. The van der Waals surface area contributed by atoms with E-state index in [1.54, 1.807) is 0 Å². The van der Waals surface area contributed by atoms with Crippen molar-refractivity contribution in [3.8, 4) is 0 Å². The summed E-state index contributed by atoms with van der Waals surface area (Å²) in [4.78, 5) is 4.59. The van der Waals surface area contributed by atoms with Crippen LogP contribution < -0.4 is 16.6 Å². The zero-order chi connectivity index (χ0) is 10.3. The lowest BCUT2D eigenvalue weighted by Gasteiger charge is -2.13. The van der Waals surface area contributed by atoms with Gasteiger partial charge in [-0.15, -0.1) is 0 Å². The molecule has 15 heavy (non-hydrogen) atoms. The first-order chi connectivity index (χ1) is 7.32. The molecule has 0 unspecified atom stereocenters. The van der Waals surface area contributed by atoms with E-state index >= 15 is 0 Å². The number of nitrogens with two attached hydrogens (primary N) is 1. The maximum atomic E-state index is 5.45. The smallest absolute Gasteiger partial charge is 0.205 e. The van der Waals surface area contributed by atoms with Gasteiger partial charge < -0.3 is 5.32 Å². The number of hydrogen-bond acceptors (Lipinski definition) is 2. The fraction of sp³-hybridized carbons (Fsp3) is 0.909. The quantitative estimate of drug-likeness (QED) is 0.276. The van der Waals surface area contributed by atoms with E-state index in [-0.39, 0.29) is 0 Å². The Morgan fingerprint density at radius 3 is 2.47 bits per heavy atom. The molecule has 3 aliphatic rings. The molecule has 0 aromatic heterocycles. The second-order valence-corrected chi connectivity index (χ2v) is 5.36. The van der Waals surface area contributed by atoms with Gasteiger partial charge in [-0.2, -0.15) is 0 Å². The van der Waals surface area contributed by atoms with E-state index in [9.17, 15) is 0 Å². The van der Waals surface area contributed by atoms with Gasteiger partial charge in [0.05, 0.1) is 0 Å². The normalized spacial score (nSPS) is 28.7. The SMILES string of the molecule is NNC(=NCC1(C2CC2)CC1)NC1CC1. The third-order valence-corrected chi connectivity index (χ3v) is 3.94. The van der Waals surface area contributed by atoms with Gasteiger partial charge in [-0.3, -0.25) is 10.4 Å². The van der Waals surface area contributed by atoms with Gasteiger partial charge in [-0.25, -0.2) is 5.84 Å². The van der Waals surface area contributed by atoms with Crippen molar-refractivity contribution in [2.75, 3.05) is 6.54 Å². The van der Waals surface area contributed by atoms with E-state index in [4.69, 9.17) is 5.84 Å². The zero-order valence-electron chi connectivity index (χ0n) is 9.13. The van der Waals surface area contributed by atoms with Crippen LogP contribution in [0, 0.1) is 11.3 Å². The van der Waals surface area contributed by atoms with Gasteiger partial charge in [0.1, 0.15) is 0 Å². The van der Waals surface area contributed by atoms with Crippen LogP contribution in [-0.2, 0) is 0 Å². The molecule has 0 atom stereocenters. The summed E-state index contributed by atoms with van der Waals surface area (Å²) in [6, 6.07) is 0.621. The highest BCUT2D eigenvalue weighted by atomic mass is 15.3. The molecular weight excluding hydrogens is 188 g/mol. The Morgan fingerprint density at radius 1 is 1.27 bits per heavy atom. The monoisotopic (exact) mass is 208 g/mol. The van der Waals surface area contributed by atoms with Crippen molar-refractivity contribution in [2.24, 2.45) is 22.2 Å². The van der Waals surface area contributed by atoms with Gasteiger partial charge in [0.2, 0.25) is 5.96 Å². The highest BCUT2D eigenvalue weighted by molar-refractivity contribution is 5.79. The average molecular weight is 208 g/mol. The molecule has 3 saturated carbocycles. The van der Waals surface area contributed by atoms with Crippen LogP contribution in [0.5, 0.6) is 0 Å². The van der Waals surface area contributed by atoms with Crippen molar-refractivity contribution in [1.82, 2.24) is 10.7 Å². The predicted octanol–water partition coefficient (Wildman–Crippen LogP) is 0.748. The van der Waals surface area contributed by atoms with Crippen LogP contribution in [0.4, 0.5) is 0 Å². The van der Waals surface area contributed by atoms with Gasteiger partial charge in [-0.1, -0.05) is 0 Å². The van der Waals surface area contributed by atoms with Gasteiger partial charge in [0, 0.05) is 12.6 Å². The minimum Gasteiger partial charge on any atom is -0.353 e. The van der Waals surface area contributed by atoms with Crippen molar-refractivity contribution in [3.63, 3.8) is 0 Å². The Morgan fingerprint density at radius 2 is 2.00 bits per heavy atom. The van der Waals surface area contributed by atoms with Crippen molar-refractivity contribution in [3.05, 3.63) is 0 Å². The average Bonchev–Trinajstić information content (AvgIpc) is 3.12. The molecule has 0 bridgehead atoms. The number of nitrogens with zero attached hydrogens (tertiary/aromatic N) is 1. The molecule has 3 fully saturated rings. The molecule has 4 N–H and O–H groups in total. The Bertz CT molecular complexity index is 274. The fourth-order valence-electron chi connectivity index (χ4n) is 2.34. The Hall–Kier alpha value is -0.770. The van der Waals surface area contributed by atoms with Gasteiger partial charge in [0.25, 0.3) is 0 Å². The number of nitrogens with one attached hydrogen (secondary N) is 2.